The summed E-state index contributed by atoms with van der Waals surface area (Å²) in [6, 6.07) is 7.69. The van der Waals surface area contributed by atoms with Gasteiger partial charge in [-0.3, -0.25) is 4.79 Å². The molecule has 0 fully saturated rings. The average Bonchev–Trinajstić information content (AvgIpc) is 2.75. The van der Waals surface area contributed by atoms with Crippen LogP contribution in [0.3, 0.4) is 0 Å². The van der Waals surface area contributed by atoms with Gasteiger partial charge in [0, 0.05) is 9.90 Å². The lowest BCUT2D eigenvalue weighted by molar-refractivity contribution is 0.0947. The molecular weight excluding hydrogens is 341 g/mol. The standard InChI is InChI=1S/C12H8BrClFNOS/c13-11-4-2-8(18-11)6-16-12(17)9-5-7(14)1-3-10(9)15/h1-5H,6H2,(H,16,17). The summed E-state index contributed by atoms with van der Waals surface area (Å²) >= 11 is 10.6. The summed E-state index contributed by atoms with van der Waals surface area (Å²) in [6.45, 7) is 0.362. The molecule has 18 heavy (non-hydrogen) atoms. The van der Waals surface area contributed by atoms with Gasteiger partial charge in [0.05, 0.1) is 15.9 Å². The van der Waals surface area contributed by atoms with Crippen molar-refractivity contribution in [2.75, 3.05) is 0 Å². The molecule has 6 heteroatoms. The Labute approximate surface area is 121 Å². The number of amides is 1. The number of nitrogens with one attached hydrogen (secondary N) is 1. The van der Waals surface area contributed by atoms with E-state index in [2.05, 4.69) is 21.2 Å². The summed E-state index contributed by atoms with van der Waals surface area (Å²) in [7, 11) is 0. The van der Waals surface area contributed by atoms with E-state index in [4.69, 9.17) is 11.6 Å². The van der Waals surface area contributed by atoms with Crippen molar-refractivity contribution in [3.63, 3.8) is 0 Å². The molecule has 2 nitrogen and oxygen atoms in total. The van der Waals surface area contributed by atoms with Gasteiger partial charge in [-0.15, -0.1) is 11.3 Å². The molecule has 0 bridgehead atoms. The predicted molar refractivity (Wildman–Crippen MR) is 74.6 cm³/mol. The van der Waals surface area contributed by atoms with Crippen LogP contribution in [0.1, 0.15) is 15.2 Å². The van der Waals surface area contributed by atoms with Gasteiger partial charge in [-0.05, 0) is 46.3 Å². The Kier molecular flexibility index (Phi) is 4.37. The second-order valence-corrected chi connectivity index (χ2v) is 6.50. The number of hydrogen-bond acceptors (Lipinski definition) is 2. The zero-order valence-corrected chi connectivity index (χ0v) is 12.2. The summed E-state index contributed by atoms with van der Waals surface area (Å²) < 4.78 is 14.4. The largest absolute Gasteiger partial charge is 0.347 e. The molecule has 1 aromatic carbocycles. The molecule has 1 N–H and O–H groups in total. The van der Waals surface area contributed by atoms with Crippen molar-refractivity contribution in [2.45, 2.75) is 6.54 Å². The van der Waals surface area contributed by atoms with Crippen molar-refractivity contribution >= 4 is 44.8 Å². The van der Waals surface area contributed by atoms with Crippen LogP contribution in [0.2, 0.25) is 5.02 Å². The van der Waals surface area contributed by atoms with Crippen LogP contribution in [-0.4, -0.2) is 5.91 Å². The van der Waals surface area contributed by atoms with E-state index in [9.17, 15) is 9.18 Å². The summed E-state index contributed by atoms with van der Waals surface area (Å²) in [5, 5.41) is 2.98. The molecule has 0 aliphatic rings. The van der Waals surface area contributed by atoms with E-state index >= 15 is 0 Å². The van der Waals surface area contributed by atoms with Crippen molar-refractivity contribution in [3.8, 4) is 0 Å². The van der Waals surface area contributed by atoms with Crippen LogP contribution in [-0.2, 0) is 6.54 Å². The predicted octanol–water partition coefficient (Wildman–Crippen LogP) is 4.23. The molecule has 1 amide bonds. The second-order valence-electron chi connectivity index (χ2n) is 3.51. The van der Waals surface area contributed by atoms with Crippen LogP contribution in [0.4, 0.5) is 4.39 Å². The summed E-state index contributed by atoms with van der Waals surface area (Å²) in [6.07, 6.45) is 0. The molecule has 94 valence electrons. The first kappa shape index (κ1) is 13.5. The molecule has 2 aromatic rings. The first-order chi connectivity index (χ1) is 8.56. The van der Waals surface area contributed by atoms with Gasteiger partial charge in [-0.1, -0.05) is 11.6 Å². The molecular formula is C12H8BrClFNOS. The maximum Gasteiger partial charge on any atom is 0.254 e. The van der Waals surface area contributed by atoms with E-state index in [-0.39, 0.29) is 5.56 Å². The number of benzene rings is 1. The Morgan fingerprint density at radius 2 is 2.17 bits per heavy atom. The van der Waals surface area contributed by atoms with Gasteiger partial charge in [0.25, 0.3) is 5.91 Å². The number of hydrogen-bond donors (Lipinski definition) is 1. The highest BCUT2D eigenvalue weighted by Crippen LogP contribution is 2.22. The maximum absolute atomic E-state index is 13.4. The van der Waals surface area contributed by atoms with Gasteiger partial charge in [-0.2, -0.15) is 0 Å². The third kappa shape index (κ3) is 3.31. The van der Waals surface area contributed by atoms with E-state index in [1.807, 2.05) is 12.1 Å². The molecule has 0 unspecified atom stereocenters. The molecule has 1 heterocycles. The molecule has 0 aliphatic carbocycles. The molecule has 0 spiro atoms. The monoisotopic (exact) mass is 347 g/mol. The van der Waals surface area contributed by atoms with Crippen LogP contribution >= 0.6 is 38.9 Å². The molecule has 0 aliphatic heterocycles. The fraction of sp³-hybridized carbons (Fsp3) is 0.0833. The van der Waals surface area contributed by atoms with Gasteiger partial charge in [0.1, 0.15) is 5.82 Å². The van der Waals surface area contributed by atoms with Crippen LogP contribution in [0, 0.1) is 5.82 Å². The van der Waals surface area contributed by atoms with Gasteiger partial charge in [0.15, 0.2) is 0 Å². The Bertz CT molecular complexity index is 587. The molecule has 0 radical (unpaired) electrons. The van der Waals surface area contributed by atoms with Crippen LogP contribution in [0.25, 0.3) is 0 Å². The minimum Gasteiger partial charge on any atom is -0.347 e. The number of carbonyl (C=O) groups is 1. The normalized spacial score (nSPS) is 10.4. The van der Waals surface area contributed by atoms with Gasteiger partial charge < -0.3 is 5.32 Å². The maximum atomic E-state index is 13.4. The molecule has 0 saturated carbocycles. The van der Waals surface area contributed by atoms with Crippen molar-refractivity contribution in [1.82, 2.24) is 5.32 Å². The highest BCUT2D eigenvalue weighted by atomic mass is 79.9. The van der Waals surface area contributed by atoms with Gasteiger partial charge in [-0.25, -0.2) is 4.39 Å². The Hall–Kier alpha value is -0.910. The number of halogens is 3. The smallest absolute Gasteiger partial charge is 0.254 e. The van der Waals surface area contributed by atoms with E-state index in [0.717, 1.165) is 8.66 Å². The highest BCUT2D eigenvalue weighted by Gasteiger charge is 2.12. The van der Waals surface area contributed by atoms with E-state index in [1.165, 1.54) is 29.5 Å². The van der Waals surface area contributed by atoms with Gasteiger partial charge in [0.2, 0.25) is 0 Å². The quantitative estimate of drug-likeness (QED) is 0.883. The minimum absolute atomic E-state index is 0.0434. The zero-order chi connectivity index (χ0) is 13.1. The highest BCUT2D eigenvalue weighted by molar-refractivity contribution is 9.11. The van der Waals surface area contributed by atoms with Crippen LogP contribution < -0.4 is 5.32 Å². The third-order valence-electron chi connectivity index (χ3n) is 2.23. The Balaban J connectivity index is 2.05. The second kappa shape index (κ2) is 5.82. The van der Waals surface area contributed by atoms with E-state index in [0.29, 0.717) is 11.6 Å². The number of thiophene rings is 1. The van der Waals surface area contributed by atoms with Crippen LogP contribution in [0.15, 0.2) is 34.1 Å². The average molecular weight is 349 g/mol. The topological polar surface area (TPSA) is 29.1 Å². The lowest BCUT2D eigenvalue weighted by atomic mass is 10.2. The first-order valence-electron chi connectivity index (χ1n) is 5.04. The fourth-order valence-electron chi connectivity index (χ4n) is 1.38. The Morgan fingerprint density at radius 3 is 2.83 bits per heavy atom. The molecule has 2 rings (SSSR count). The van der Waals surface area contributed by atoms with Crippen molar-refractivity contribution in [3.05, 3.63) is 55.4 Å². The lowest BCUT2D eigenvalue weighted by Crippen LogP contribution is -2.23. The Morgan fingerprint density at radius 1 is 1.39 bits per heavy atom. The first-order valence-corrected chi connectivity index (χ1v) is 7.02. The summed E-state index contributed by atoms with van der Waals surface area (Å²) in [4.78, 5) is 12.8. The summed E-state index contributed by atoms with van der Waals surface area (Å²) in [5.41, 5.74) is -0.0434. The fourth-order valence-corrected chi connectivity index (χ4v) is 2.98. The van der Waals surface area contributed by atoms with Crippen molar-refractivity contribution in [1.29, 1.82) is 0 Å². The molecule has 0 saturated heterocycles. The third-order valence-corrected chi connectivity index (χ3v) is 4.08. The number of carbonyl (C=O) groups excluding carboxylic acids is 1. The lowest BCUT2D eigenvalue weighted by Gasteiger charge is -2.05. The minimum atomic E-state index is -0.579. The van der Waals surface area contributed by atoms with Crippen LogP contribution in [0.5, 0.6) is 0 Å². The van der Waals surface area contributed by atoms with Crippen molar-refractivity contribution < 1.29 is 9.18 Å². The zero-order valence-electron chi connectivity index (χ0n) is 9.04. The van der Waals surface area contributed by atoms with Gasteiger partial charge >= 0.3 is 0 Å². The number of rotatable bonds is 3. The molecule has 0 atom stereocenters. The molecule has 1 aromatic heterocycles. The van der Waals surface area contributed by atoms with E-state index < -0.39 is 11.7 Å². The summed E-state index contributed by atoms with van der Waals surface area (Å²) in [5.74, 6) is -1.05. The van der Waals surface area contributed by atoms with Crippen molar-refractivity contribution in [2.24, 2.45) is 0 Å². The van der Waals surface area contributed by atoms with E-state index in [1.54, 1.807) is 0 Å². The SMILES string of the molecule is O=C(NCc1ccc(Br)s1)c1cc(Cl)ccc1F.